The SMILES string of the molecule is COc1c(F)cc(C(=O)N2CC[C@H]3OCc4cnnn4[C@H]3C2)cc1F. The van der Waals surface area contributed by atoms with Crippen molar-refractivity contribution in [1.29, 1.82) is 0 Å². The number of halogens is 2. The van der Waals surface area contributed by atoms with Crippen LogP contribution >= 0.6 is 0 Å². The Bertz CT molecular complexity index is 802. The van der Waals surface area contributed by atoms with E-state index in [1.54, 1.807) is 15.8 Å². The molecule has 0 bridgehead atoms. The molecule has 0 spiro atoms. The van der Waals surface area contributed by atoms with Crippen LogP contribution in [-0.4, -0.2) is 52.1 Å². The molecule has 3 heterocycles. The minimum absolute atomic E-state index is 0.0511. The average Bonchev–Trinajstić information content (AvgIpc) is 3.09. The summed E-state index contributed by atoms with van der Waals surface area (Å²) in [5.74, 6) is -2.74. The molecule has 1 aromatic carbocycles. The van der Waals surface area contributed by atoms with Crippen LogP contribution in [0.1, 0.15) is 28.5 Å². The summed E-state index contributed by atoms with van der Waals surface area (Å²) in [5.41, 5.74) is 0.793. The van der Waals surface area contributed by atoms with E-state index < -0.39 is 23.3 Å². The summed E-state index contributed by atoms with van der Waals surface area (Å²) in [6.45, 7) is 1.23. The number of aromatic nitrogens is 3. The molecular weight excluding hydrogens is 334 g/mol. The molecule has 1 aromatic heterocycles. The summed E-state index contributed by atoms with van der Waals surface area (Å²) < 4.78 is 40.0. The van der Waals surface area contributed by atoms with E-state index in [2.05, 4.69) is 15.0 Å². The number of likely N-dealkylation sites (tertiary alicyclic amines) is 1. The molecule has 9 heteroatoms. The van der Waals surface area contributed by atoms with Gasteiger partial charge in [0.25, 0.3) is 5.91 Å². The third-order valence-electron chi connectivity index (χ3n) is 4.67. The molecule has 1 amide bonds. The average molecular weight is 350 g/mol. The highest BCUT2D eigenvalue weighted by molar-refractivity contribution is 5.94. The number of hydrogen-bond donors (Lipinski definition) is 0. The van der Waals surface area contributed by atoms with Crippen molar-refractivity contribution < 1.29 is 23.0 Å². The number of nitrogens with zero attached hydrogens (tertiary/aromatic N) is 4. The maximum Gasteiger partial charge on any atom is 0.254 e. The Labute approximate surface area is 142 Å². The van der Waals surface area contributed by atoms with Gasteiger partial charge in [-0.05, 0) is 18.6 Å². The summed E-state index contributed by atoms with van der Waals surface area (Å²) in [5, 5.41) is 7.95. The molecule has 2 atom stereocenters. The zero-order chi connectivity index (χ0) is 17.6. The van der Waals surface area contributed by atoms with Crippen LogP contribution in [0, 0.1) is 11.6 Å². The Morgan fingerprint density at radius 2 is 2.12 bits per heavy atom. The van der Waals surface area contributed by atoms with Crippen LogP contribution < -0.4 is 4.74 Å². The lowest BCUT2D eigenvalue weighted by atomic mass is 9.99. The highest BCUT2D eigenvalue weighted by Gasteiger charge is 2.38. The molecular formula is C16H16F2N4O3. The smallest absolute Gasteiger partial charge is 0.254 e. The van der Waals surface area contributed by atoms with E-state index in [9.17, 15) is 13.6 Å². The quantitative estimate of drug-likeness (QED) is 0.822. The highest BCUT2D eigenvalue weighted by atomic mass is 19.1. The van der Waals surface area contributed by atoms with Crippen molar-refractivity contribution in [3.63, 3.8) is 0 Å². The lowest BCUT2D eigenvalue weighted by molar-refractivity contribution is -0.0605. The Morgan fingerprint density at radius 3 is 2.84 bits per heavy atom. The van der Waals surface area contributed by atoms with Gasteiger partial charge < -0.3 is 14.4 Å². The molecule has 0 unspecified atom stereocenters. The van der Waals surface area contributed by atoms with Crippen LogP contribution in [0.25, 0.3) is 0 Å². The van der Waals surface area contributed by atoms with Crippen molar-refractivity contribution in [3.05, 3.63) is 41.2 Å². The van der Waals surface area contributed by atoms with Gasteiger partial charge in [0.1, 0.15) is 0 Å². The van der Waals surface area contributed by atoms with Crippen molar-refractivity contribution in [3.8, 4) is 5.75 Å². The summed E-state index contributed by atoms with van der Waals surface area (Å²) in [6.07, 6.45) is 2.20. The van der Waals surface area contributed by atoms with Gasteiger partial charge in [-0.2, -0.15) is 0 Å². The molecule has 2 aliphatic heterocycles. The van der Waals surface area contributed by atoms with Crippen LogP contribution in [0.15, 0.2) is 18.3 Å². The molecule has 0 radical (unpaired) electrons. The van der Waals surface area contributed by atoms with Crippen LogP contribution in [0.5, 0.6) is 5.75 Å². The topological polar surface area (TPSA) is 69.5 Å². The van der Waals surface area contributed by atoms with Crippen molar-refractivity contribution in [2.45, 2.75) is 25.2 Å². The van der Waals surface area contributed by atoms with Gasteiger partial charge in [-0.3, -0.25) is 4.79 Å². The fourth-order valence-electron chi connectivity index (χ4n) is 3.42. The van der Waals surface area contributed by atoms with Gasteiger partial charge >= 0.3 is 0 Å². The number of piperidine rings is 1. The van der Waals surface area contributed by atoms with Gasteiger partial charge in [-0.25, -0.2) is 13.5 Å². The van der Waals surface area contributed by atoms with Gasteiger partial charge in [0.05, 0.1) is 37.8 Å². The van der Waals surface area contributed by atoms with Gasteiger partial charge in [-0.15, -0.1) is 5.10 Å². The fraction of sp³-hybridized carbons (Fsp3) is 0.438. The van der Waals surface area contributed by atoms with Crippen molar-refractivity contribution in [1.82, 2.24) is 19.9 Å². The van der Waals surface area contributed by atoms with E-state index in [0.717, 1.165) is 17.8 Å². The molecule has 1 saturated heterocycles. The second-order valence-electron chi connectivity index (χ2n) is 6.10. The lowest BCUT2D eigenvalue weighted by Gasteiger charge is -2.41. The molecule has 1 fully saturated rings. The van der Waals surface area contributed by atoms with E-state index in [4.69, 9.17) is 4.74 Å². The van der Waals surface area contributed by atoms with Gasteiger partial charge in [0.2, 0.25) is 0 Å². The molecule has 132 valence electrons. The van der Waals surface area contributed by atoms with Crippen LogP contribution in [0.2, 0.25) is 0 Å². The van der Waals surface area contributed by atoms with Gasteiger partial charge in [0.15, 0.2) is 17.4 Å². The lowest BCUT2D eigenvalue weighted by Crippen LogP contribution is -2.49. The number of methoxy groups -OCH3 is 1. The summed E-state index contributed by atoms with van der Waals surface area (Å²) >= 11 is 0. The largest absolute Gasteiger partial charge is 0.491 e. The number of benzene rings is 1. The van der Waals surface area contributed by atoms with Gasteiger partial charge in [0, 0.05) is 18.7 Å². The third-order valence-corrected chi connectivity index (χ3v) is 4.67. The monoisotopic (exact) mass is 350 g/mol. The molecule has 7 nitrogen and oxygen atoms in total. The number of hydrogen-bond acceptors (Lipinski definition) is 5. The number of rotatable bonds is 2. The fourth-order valence-corrected chi connectivity index (χ4v) is 3.42. The third kappa shape index (κ3) is 2.64. The molecule has 2 aliphatic rings. The first-order valence-corrected chi connectivity index (χ1v) is 7.91. The first kappa shape index (κ1) is 15.9. The van der Waals surface area contributed by atoms with E-state index in [1.165, 1.54) is 7.11 Å². The second kappa shape index (κ2) is 6.07. The molecule has 25 heavy (non-hydrogen) atoms. The first-order valence-electron chi connectivity index (χ1n) is 7.91. The number of ether oxygens (including phenoxy) is 2. The van der Waals surface area contributed by atoms with E-state index in [1.807, 2.05) is 0 Å². The Balaban J connectivity index is 1.58. The zero-order valence-corrected chi connectivity index (χ0v) is 13.5. The molecule has 2 aromatic rings. The van der Waals surface area contributed by atoms with E-state index in [0.29, 0.717) is 26.1 Å². The minimum Gasteiger partial charge on any atom is -0.491 e. The molecule has 0 N–H and O–H groups in total. The molecule has 0 aliphatic carbocycles. The predicted octanol–water partition coefficient (Wildman–Crippen LogP) is 1.55. The maximum atomic E-state index is 13.9. The first-order chi connectivity index (χ1) is 12.1. The van der Waals surface area contributed by atoms with Crippen LogP contribution in [0.4, 0.5) is 8.78 Å². The summed E-state index contributed by atoms with van der Waals surface area (Å²) in [6, 6.07) is 1.83. The number of fused-ring (bicyclic) bond motifs is 3. The number of carbonyl (C=O) groups excluding carboxylic acids is 1. The standard InChI is InChI=1S/C16H16F2N4O3/c1-24-15-11(17)4-9(5-12(15)18)16(23)21-3-2-14-13(7-21)22-10(8-25-14)6-19-20-22/h4-6,13-14H,2-3,7-8H2,1H3/t13-,14+/m0/s1. The summed E-state index contributed by atoms with van der Waals surface area (Å²) in [7, 11) is 1.17. The molecule has 0 saturated carbocycles. The predicted molar refractivity (Wildman–Crippen MR) is 81.1 cm³/mol. The normalized spacial score (nSPS) is 22.3. The van der Waals surface area contributed by atoms with Crippen molar-refractivity contribution in [2.24, 2.45) is 0 Å². The Hall–Kier alpha value is -2.55. The van der Waals surface area contributed by atoms with Crippen LogP contribution in [-0.2, 0) is 11.3 Å². The summed E-state index contributed by atoms with van der Waals surface area (Å²) in [4.78, 5) is 14.3. The minimum atomic E-state index is -0.903. The second-order valence-corrected chi connectivity index (χ2v) is 6.10. The zero-order valence-electron chi connectivity index (χ0n) is 13.5. The highest BCUT2D eigenvalue weighted by Crippen LogP contribution is 2.31. The maximum absolute atomic E-state index is 13.9. The van der Waals surface area contributed by atoms with Crippen molar-refractivity contribution in [2.75, 3.05) is 20.2 Å². The van der Waals surface area contributed by atoms with Crippen molar-refractivity contribution >= 4 is 5.91 Å². The number of amides is 1. The number of carbonyl (C=O) groups is 1. The van der Waals surface area contributed by atoms with Gasteiger partial charge in [-0.1, -0.05) is 5.21 Å². The van der Waals surface area contributed by atoms with E-state index in [-0.39, 0.29) is 17.7 Å². The Kier molecular flexibility index (Phi) is 3.87. The van der Waals surface area contributed by atoms with E-state index >= 15 is 0 Å². The van der Waals surface area contributed by atoms with Crippen LogP contribution in [0.3, 0.4) is 0 Å². The Morgan fingerprint density at radius 1 is 1.36 bits per heavy atom. The molecule has 4 rings (SSSR count).